The molecule has 0 saturated carbocycles. The van der Waals surface area contributed by atoms with Gasteiger partial charge in [0, 0.05) is 25.3 Å². The van der Waals surface area contributed by atoms with Crippen molar-refractivity contribution in [3.8, 4) is 5.75 Å². The molecule has 0 aliphatic carbocycles. The number of nitrogens with one attached hydrogen (secondary N) is 1. The third kappa shape index (κ3) is 6.58. The van der Waals surface area contributed by atoms with Crippen molar-refractivity contribution < 1.29 is 14.3 Å². The Morgan fingerprint density at radius 2 is 1.86 bits per heavy atom. The number of hydrogen-bond acceptors (Lipinski definition) is 4. The third-order valence-electron chi connectivity index (χ3n) is 5.21. The number of carbonyl (C=O) groups excluding carboxylic acids is 1. The number of carbonyl (C=O) groups is 1. The summed E-state index contributed by atoms with van der Waals surface area (Å²) in [5.74, 6) is 0.981. The first-order chi connectivity index (χ1) is 14.0. The Balaban J connectivity index is 1.47. The molecule has 1 aliphatic rings. The molecule has 156 valence electrons. The molecule has 3 rings (SSSR count). The Morgan fingerprint density at radius 1 is 1.14 bits per heavy atom. The van der Waals surface area contributed by atoms with E-state index in [4.69, 9.17) is 9.47 Å². The van der Waals surface area contributed by atoms with Crippen LogP contribution < -0.4 is 10.1 Å². The Morgan fingerprint density at radius 3 is 2.55 bits per heavy atom. The molecule has 2 aromatic rings. The minimum atomic E-state index is -0.151. The van der Waals surface area contributed by atoms with Crippen LogP contribution in [0.2, 0.25) is 0 Å². The van der Waals surface area contributed by atoms with E-state index in [9.17, 15) is 4.79 Å². The van der Waals surface area contributed by atoms with E-state index in [1.54, 1.807) is 0 Å². The molecule has 0 radical (unpaired) electrons. The Bertz CT molecular complexity index is 796. The zero-order valence-corrected chi connectivity index (χ0v) is 17.7. The highest BCUT2D eigenvalue weighted by molar-refractivity contribution is 5.91. The van der Waals surface area contributed by atoms with Crippen LogP contribution in [0.5, 0.6) is 5.75 Å². The summed E-state index contributed by atoms with van der Waals surface area (Å²) in [6, 6.07) is 14.2. The lowest BCUT2D eigenvalue weighted by molar-refractivity contribution is -0.118. The summed E-state index contributed by atoms with van der Waals surface area (Å²) in [5.41, 5.74) is 4.31. The van der Waals surface area contributed by atoms with Gasteiger partial charge in [-0.2, -0.15) is 0 Å². The van der Waals surface area contributed by atoms with E-state index in [1.165, 1.54) is 5.56 Å². The number of benzene rings is 2. The van der Waals surface area contributed by atoms with Gasteiger partial charge in [0.2, 0.25) is 0 Å². The predicted octanol–water partition coefficient (Wildman–Crippen LogP) is 4.01. The van der Waals surface area contributed by atoms with Crippen molar-refractivity contribution in [1.29, 1.82) is 0 Å². The summed E-state index contributed by atoms with van der Waals surface area (Å²) in [6.45, 7) is 11.0. The average molecular weight is 397 g/mol. The van der Waals surface area contributed by atoms with Crippen molar-refractivity contribution in [3.63, 3.8) is 0 Å². The minimum absolute atomic E-state index is 0.00194. The maximum Gasteiger partial charge on any atom is 0.262 e. The first-order valence-electron chi connectivity index (χ1n) is 10.4. The van der Waals surface area contributed by atoms with Crippen molar-refractivity contribution >= 4 is 11.6 Å². The second-order valence-electron chi connectivity index (χ2n) is 7.93. The SMILES string of the molecule is Cc1ccc(C(C)C)c(OCC(=O)Nc2ccc(CCN3CCOCC3)cc2)c1. The predicted molar refractivity (Wildman–Crippen MR) is 117 cm³/mol. The summed E-state index contributed by atoms with van der Waals surface area (Å²) < 4.78 is 11.2. The number of ether oxygens (including phenoxy) is 2. The highest BCUT2D eigenvalue weighted by Gasteiger charge is 2.12. The highest BCUT2D eigenvalue weighted by Crippen LogP contribution is 2.27. The summed E-state index contributed by atoms with van der Waals surface area (Å²) in [6.07, 6.45) is 1.00. The minimum Gasteiger partial charge on any atom is -0.483 e. The van der Waals surface area contributed by atoms with Gasteiger partial charge in [-0.1, -0.05) is 38.1 Å². The van der Waals surface area contributed by atoms with Gasteiger partial charge in [-0.05, 0) is 54.2 Å². The summed E-state index contributed by atoms with van der Waals surface area (Å²) >= 11 is 0. The smallest absolute Gasteiger partial charge is 0.262 e. The average Bonchev–Trinajstić information content (AvgIpc) is 2.72. The van der Waals surface area contributed by atoms with Gasteiger partial charge >= 0.3 is 0 Å². The maximum atomic E-state index is 12.3. The van der Waals surface area contributed by atoms with Crippen LogP contribution >= 0.6 is 0 Å². The van der Waals surface area contributed by atoms with Crippen LogP contribution in [0, 0.1) is 6.92 Å². The fourth-order valence-corrected chi connectivity index (χ4v) is 3.45. The van der Waals surface area contributed by atoms with Crippen LogP contribution in [0.25, 0.3) is 0 Å². The molecule has 1 fully saturated rings. The second-order valence-corrected chi connectivity index (χ2v) is 7.93. The molecular formula is C24H32N2O3. The molecule has 1 aliphatic heterocycles. The first kappa shape index (κ1) is 21.3. The molecule has 29 heavy (non-hydrogen) atoms. The van der Waals surface area contributed by atoms with Crippen molar-refractivity contribution in [1.82, 2.24) is 4.90 Å². The fraction of sp³-hybridized carbons (Fsp3) is 0.458. The number of morpholine rings is 1. The molecule has 2 aromatic carbocycles. The zero-order valence-electron chi connectivity index (χ0n) is 17.7. The molecule has 5 nitrogen and oxygen atoms in total. The lowest BCUT2D eigenvalue weighted by Crippen LogP contribution is -2.37. The Kier molecular flexibility index (Phi) is 7.67. The van der Waals surface area contributed by atoms with E-state index >= 15 is 0 Å². The van der Waals surface area contributed by atoms with Crippen molar-refractivity contribution in [2.45, 2.75) is 33.1 Å². The van der Waals surface area contributed by atoms with E-state index in [0.717, 1.165) is 61.8 Å². The molecule has 0 atom stereocenters. The summed E-state index contributed by atoms with van der Waals surface area (Å²) in [4.78, 5) is 14.7. The number of aryl methyl sites for hydroxylation is 1. The fourth-order valence-electron chi connectivity index (χ4n) is 3.45. The van der Waals surface area contributed by atoms with Gasteiger partial charge in [0.25, 0.3) is 5.91 Å². The second kappa shape index (κ2) is 10.4. The van der Waals surface area contributed by atoms with Gasteiger partial charge in [-0.15, -0.1) is 0 Å². The number of anilines is 1. The van der Waals surface area contributed by atoms with E-state index in [1.807, 2.05) is 25.1 Å². The van der Waals surface area contributed by atoms with Gasteiger partial charge in [-0.25, -0.2) is 0 Å². The normalized spacial score (nSPS) is 14.8. The van der Waals surface area contributed by atoms with Crippen LogP contribution in [0.1, 0.15) is 36.5 Å². The standard InChI is InChI=1S/C24H32N2O3/c1-18(2)22-9-4-19(3)16-23(22)29-17-24(27)25-21-7-5-20(6-8-21)10-11-26-12-14-28-15-13-26/h4-9,16,18H,10-15,17H2,1-3H3,(H,25,27). The molecule has 0 unspecified atom stereocenters. The molecule has 0 bridgehead atoms. The van der Waals surface area contributed by atoms with Gasteiger partial charge in [0.05, 0.1) is 13.2 Å². The van der Waals surface area contributed by atoms with E-state index < -0.39 is 0 Å². The van der Waals surface area contributed by atoms with E-state index in [-0.39, 0.29) is 12.5 Å². The van der Waals surface area contributed by atoms with Crippen molar-refractivity contribution in [2.75, 3.05) is 44.8 Å². The quantitative estimate of drug-likeness (QED) is 0.732. The Hall–Kier alpha value is -2.37. The van der Waals surface area contributed by atoms with Gasteiger partial charge in [-0.3, -0.25) is 9.69 Å². The third-order valence-corrected chi connectivity index (χ3v) is 5.21. The highest BCUT2D eigenvalue weighted by atomic mass is 16.5. The maximum absolute atomic E-state index is 12.3. The lowest BCUT2D eigenvalue weighted by atomic mass is 10.0. The molecular weight excluding hydrogens is 364 g/mol. The Labute approximate surface area is 174 Å². The molecule has 1 amide bonds. The monoisotopic (exact) mass is 396 g/mol. The molecule has 1 heterocycles. The zero-order chi connectivity index (χ0) is 20.6. The van der Waals surface area contributed by atoms with E-state index in [2.05, 4.69) is 48.3 Å². The number of rotatable bonds is 8. The van der Waals surface area contributed by atoms with Crippen LogP contribution in [0.4, 0.5) is 5.69 Å². The van der Waals surface area contributed by atoms with E-state index in [0.29, 0.717) is 5.92 Å². The number of hydrogen-bond donors (Lipinski definition) is 1. The molecule has 1 saturated heterocycles. The topological polar surface area (TPSA) is 50.8 Å². The molecule has 1 N–H and O–H groups in total. The van der Waals surface area contributed by atoms with Crippen LogP contribution in [-0.4, -0.2) is 50.3 Å². The largest absolute Gasteiger partial charge is 0.483 e. The molecule has 0 aromatic heterocycles. The van der Waals surface area contributed by atoms with Gasteiger partial charge in [0.15, 0.2) is 6.61 Å². The molecule has 5 heteroatoms. The molecule has 0 spiro atoms. The summed E-state index contributed by atoms with van der Waals surface area (Å²) in [7, 11) is 0. The van der Waals surface area contributed by atoms with Crippen LogP contribution in [0.15, 0.2) is 42.5 Å². The lowest BCUT2D eigenvalue weighted by Gasteiger charge is -2.26. The van der Waals surface area contributed by atoms with Gasteiger partial charge < -0.3 is 14.8 Å². The van der Waals surface area contributed by atoms with Gasteiger partial charge in [0.1, 0.15) is 5.75 Å². The number of nitrogens with zero attached hydrogens (tertiary/aromatic N) is 1. The number of amides is 1. The first-order valence-corrected chi connectivity index (χ1v) is 10.4. The van der Waals surface area contributed by atoms with Crippen molar-refractivity contribution in [2.24, 2.45) is 0 Å². The summed E-state index contributed by atoms with van der Waals surface area (Å²) in [5, 5.41) is 2.92. The van der Waals surface area contributed by atoms with Crippen molar-refractivity contribution in [3.05, 3.63) is 59.2 Å². The van der Waals surface area contributed by atoms with Crippen LogP contribution in [-0.2, 0) is 16.0 Å². The van der Waals surface area contributed by atoms with Crippen LogP contribution in [0.3, 0.4) is 0 Å².